The molecule has 1 fully saturated rings. The number of hydrogen-bond donors (Lipinski definition) is 2. The second kappa shape index (κ2) is 17.1. The number of halogens is 1. The number of benzene rings is 4. The summed E-state index contributed by atoms with van der Waals surface area (Å²) in [6.07, 6.45) is 8.32. The molecule has 1 amide bonds. The highest BCUT2D eigenvalue weighted by Gasteiger charge is 2.51. The summed E-state index contributed by atoms with van der Waals surface area (Å²) in [4.78, 5) is 16.5. The molecule has 60 heavy (non-hydrogen) atoms. The number of carbonyl (C=O) groups excluding carboxylic acids is 1. The molecule has 6 atom stereocenters. The van der Waals surface area contributed by atoms with Gasteiger partial charge < -0.3 is 19.2 Å². The summed E-state index contributed by atoms with van der Waals surface area (Å²) in [5, 5.41) is 13.3. The number of nitrogens with one attached hydrogen (secondary N) is 1. The number of aliphatic hydroxyl groups excluding tert-OH is 1. The maximum absolute atomic E-state index is 14.5. The van der Waals surface area contributed by atoms with Crippen LogP contribution in [-0.2, 0) is 26.3 Å². The smallest absolute Gasteiger partial charge is 0.264 e. The van der Waals surface area contributed by atoms with Gasteiger partial charge in [0.25, 0.3) is 14.2 Å². The van der Waals surface area contributed by atoms with Crippen LogP contribution in [0, 0.1) is 11.8 Å². The van der Waals surface area contributed by atoms with Gasteiger partial charge in [0.2, 0.25) is 10.0 Å². The molecule has 0 aromatic heterocycles. The van der Waals surface area contributed by atoms with Crippen LogP contribution >= 0.6 is 11.6 Å². The Kier molecular flexibility index (Phi) is 12.2. The maximum Gasteiger partial charge on any atom is 0.264 e. The lowest BCUT2D eigenvalue weighted by atomic mass is 9.68. The van der Waals surface area contributed by atoms with Crippen molar-refractivity contribution in [1.82, 2.24) is 4.72 Å². The van der Waals surface area contributed by atoms with Gasteiger partial charge >= 0.3 is 0 Å². The second-order valence-electron chi connectivity index (χ2n) is 18.7. The van der Waals surface area contributed by atoms with Crippen LogP contribution in [0.4, 0.5) is 5.69 Å². The van der Waals surface area contributed by atoms with Crippen molar-refractivity contribution in [2.45, 2.75) is 107 Å². The molecule has 4 aromatic rings. The van der Waals surface area contributed by atoms with Crippen LogP contribution in [0.2, 0.25) is 10.1 Å². The summed E-state index contributed by atoms with van der Waals surface area (Å²) >= 11 is 6.48. The van der Waals surface area contributed by atoms with E-state index in [9.17, 15) is 18.3 Å². The number of aryl methyl sites for hydroxylation is 1. The molecule has 8 rings (SSSR count). The number of ether oxygens (including phenoxy) is 1. The first kappa shape index (κ1) is 42.7. The summed E-state index contributed by atoms with van der Waals surface area (Å²) in [7, 11) is -7.20. The third-order valence-corrected chi connectivity index (χ3v) is 20.9. The van der Waals surface area contributed by atoms with Gasteiger partial charge in [-0.25, -0.2) is 13.1 Å². The lowest BCUT2D eigenvalue weighted by Gasteiger charge is -2.45. The molecule has 0 unspecified atom stereocenters. The number of aliphatic hydroxyl groups is 1. The fourth-order valence-electron chi connectivity index (χ4n) is 10.6. The Hall–Kier alpha value is -3.93. The van der Waals surface area contributed by atoms with E-state index in [4.69, 9.17) is 20.8 Å². The molecule has 4 aromatic carbocycles. The van der Waals surface area contributed by atoms with Crippen LogP contribution in [0.25, 0.3) is 0 Å². The van der Waals surface area contributed by atoms with Crippen LogP contribution in [-0.4, -0.2) is 64.9 Å². The Morgan fingerprint density at radius 1 is 0.983 bits per heavy atom. The Bertz CT molecular complexity index is 2280. The zero-order chi connectivity index (χ0) is 42.3. The Labute approximate surface area is 362 Å². The van der Waals surface area contributed by atoms with Crippen molar-refractivity contribution in [1.29, 1.82) is 0 Å². The standard InChI is InChI=1S/C49H59ClN2O6SSi/c1-34(58-60(48(2,3)4,40-16-7-5-8-17-40)41-18-9-6-10-19-41)28-39-15-11-12-20-45(53)42-24-21-37(42)31-52-32-49(27-13-14-35-29-38(50)23-25-43(35)49)33-57-46-26-22-36(30-44(46)52)47(54)51-59(39,55)56/h5-10,12,16-20,22-23,25-26,29-30,34,37,39,42,45,53H,11,13-15,21,24,27-28,31-33H2,1-4H3,(H,51,54)/b20-12-/t34-,37+,39+,42-,45+,49+/m1/s1. The molecule has 318 valence electrons. The maximum atomic E-state index is 14.5. The third-order valence-electron chi connectivity index (χ3n) is 13.7. The average molecular weight is 868 g/mol. The minimum Gasteiger partial charge on any atom is -0.490 e. The molecule has 2 bridgehead atoms. The lowest BCUT2D eigenvalue weighted by molar-refractivity contribution is 0.0456. The van der Waals surface area contributed by atoms with E-state index in [1.807, 2.05) is 67.6 Å². The normalized spacial score (nSPS) is 26.6. The van der Waals surface area contributed by atoms with Crippen LogP contribution in [0.1, 0.15) is 94.1 Å². The zero-order valence-electron chi connectivity index (χ0n) is 35.3. The summed E-state index contributed by atoms with van der Waals surface area (Å²) in [5.41, 5.74) is 3.21. The molecule has 2 N–H and O–H groups in total. The zero-order valence-corrected chi connectivity index (χ0v) is 37.9. The fraction of sp³-hybridized carbons (Fsp3) is 0.449. The molecule has 11 heteroatoms. The van der Waals surface area contributed by atoms with E-state index in [2.05, 4.69) is 66.8 Å². The number of anilines is 1. The molecule has 0 saturated heterocycles. The van der Waals surface area contributed by atoms with Gasteiger partial charge in [0.1, 0.15) is 5.75 Å². The van der Waals surface area contributed by atoms with Gasteiger partial charge in [-0.05, 0) is 127 Å². The van der Waals surface area contributed by atoms with Gasteiger partial charge in [-0.3, -0.25) is 4.79 Å². The number of rotatable bonds is 6. The SMILES string of the molecule is C[C@H](C[C@@H]1CC/C=C\[C@H](O)[C@@H]2CC[C@H]2CN2C[C@@]3(CCCc4cc(Cl)ccc43)COc3ccc(cc32)C(=O)NS1(=O)=O)O[Si](c1ccccc1)(c1ccccc1)C(C)(C)C. The van der Waals surface area contributed by atoms with E-state index in [-0.39, 0.29) is 40.7 Å². The minimum absolute atomic E-state index is 0.0704. The predicted molar refractivity (Wildman–Crippen MR) is 244 cm³/mol. The number of nitrogens with zero attached hydrogens (tertiary/aromatic N) is 1. The predicted octanol–water partition coefficient (Wildman–Crippen LogP) is 8.33. The van der Waals surface area contributed by atoms with Crippen LogP contribution < -0.4 is 24.7 Å². The van der Waals surface area contributed by atoms with Crippen molar-refractivity contribution >= 4 is 51.9 Å². The molecule has 4 aliphatic rings. The summed E-state index contributed by atoms with van der Waals surface area (Å²) in [6, 6.07) is 32.1. The number of allylic oxidation sites excluding steroid dienone is 1. The molecule has 2 heterocycles. The topological polar surface area (TPSA) is 105 Å². The van der Waals surface area contributed by atoms with Crippen molar-refractivity contribution in [2.75, 3.05) is 24.6 Å². The van der Waals surface area contributed by atoms with Crippen molar-refractivity contribution < 1.29 is 27.5 Å². The minimum atomic E-state index is -4.20. The molecular formula is C49H59ClN2O6SSi. The van der Waals surface area contributed by atoms with Crippen molar-refractivity contribution in [3.8, 4) is 5.75 Å². The Morgan fingerprint density at radius 3 is 2.37 bits per heavy atom. The lowest BCUT2D eigenvalue weighted by Crippen LogP contribution is -2.67. The molecule has 8 nitrogen and oxygen atoms in total. The van der Waals surface area contributed by atoms with Crippen molar-refractivity contribution in [3.05, 3.63) is 131 Å². The summed E-state index contributed by atoms with van der Waals surface area (Å²) in [5.74, 6) is 0.302. The largest absolute Gasteiger partial charge is 0.490 e. The van der Waals surface area contributed by atoms with Gasteiger partial charge in [0.15, 0.2) is 0 Å². The van der Waals surface area contributed by atoms with Gasteiger partial charge in [-0.15, -0.1) is 0 Å². The highest BCUT2D eigenvalue weighted by atomic mass is 35.5. The molecular weight excluding hydrogens is 808 g/mol. The number of carbonyl (C=O) groups is 1. The molecule has 0 radical (unpaired) electrons. The van der Waals surface area contributed by atoms with E-state index in [0.717, 1.165) is 53.2 Å². The van der Waals surface area contributed by atoms with Crippen LogP contribution in [0.3, 0.4) is 0 Å². The Balaban J connectivity index is 1.12. The number of fused-ring (bicyclic) bond motifs is 4. The first-order valence-electron chi connectivity index (χ1n) is 21.7. The van der Waals surface area contributed by atoms with Crippen molar-refractivity contribution in [3.63, 3.8) is 0 Å². The van der Waals surface area contributed by atoms with Gasteiger partial charge in [0.05, 0.1) is 23.6 Å². The van der Waals surface area contributed by atoms with E-state index in [1.165, 1.54) is 11.1 Å². The van der Waals surface area contributed by atoms with Crippen LogP contribution in [0.15, 0.2) is 109 Å². The molecule has 2 aliphatic carbocycles. The van der Waals surface area contributed by atoms with E-state index < -0.39 is 41.7 Å². The number of sulfonamides is 1. The van der Waals surface area contributed by atoms with E-state index in [1.54, 1.807) is 12.1 Å². The average Bonchev–Trinajstić information content (AvgIpc) is 3.35. The third kappa shape index (κ3) is 8.35. The van der Waals surface area contributed by atoms with Gasteiger partial charge in [0, 0.05) is 35.2 Å². The van der Waals surface area contributed by atoms with E-state index >= 15 is 0 Å². The quantitative estimate of drug-likeness (QED) is 0.148. The number of hydrogen-bond acceptors (Lipinski definition) is 7. The summed E-state index contributed by atoms with van der Waals surface area (Å²) < 4.78 is 45.5. The fourth-order valence-corrected chi connectivity index (χ4v) is 17.0. The highest BCUT2D eigenvalue weighted by molar-refractivity contribution is 7.90. The monoisotopic (exact) mass is 866 g/mol. The van der Waals surface area contributed by atoms with Crippen molar-refractivity contribution in [2.24, 2.45) is 11.8 Å². The second-order valence-corrected chi connectivity index (χ2v) is 25.4. The molecule has 2 aliphatic heterocycles. The van der Waals surface area contributed by atoms with Gasteiger partial charge in [-0.1, -0.05) is 111 Å². The van der Waals surface area contributed by atoms with Crippen LogP contribution in [0.5, 0.6) is 5.75 Å². The molecule has 1 saturated carbocycles. The molecule has 1 spiro atoms. The van der Waals surface area contributed by atoms with Gasteiger partial charge in [-0.2, -0.15) is 0 Å². The Morgan fingerprint density at radius 2 is 1.70 bits per heavy atom. The first-order chi connectivity index (χ1) is 28.7. The summed E-state index contributed by atoms with van der Waals surface area (Å²) in [6.45, 7) is 10.4. The number of amides is 1. The highest BCUT2D eigenvalue weighted by Crippen LogP contribution is 2.47. The van der Waals surface area contributed by atoms with E-state index in [0.29, 0.717) is 31.9 Å². The first-order valence-corrected chi connectivity index (χ1v) is 25.5.